The van der Waals surface area contributed by atoms with Crippen molar-refractivity contribution >= 4 is 5.78 Å². The first-order valence-corrected chi connectivity index (χ1v) is 5.25. The summed E-state index contributed by atoms with van der Waals surface area (Å²) < 4.78 is 13.1. The van der Waals surface area contributed by atoms with E-state index in [2.05, 4.69) is 18.8 Å². The first-order valence-electron chi connectivity index (χ1n) is 5.25. The van der Waals surface area contributed by atoms with E-state index < -0.39 is 5.82 Å². The molecular weight excluding hydrogens is 193 g/mol. The standard InChI is InChI=1S/C12H16FNO/c1-9(2)5-3-7-11(15)12-10(13)6-4-8-14-12/h4,6,8-9H,3,5,7H2,1-2H3. The molecule has 0 radical (unpaired) electrons. The fourth-order valence-electron chi connectivity index (χ4n) is 1.38. The lowest BCUT2D eigenvalue weighted by Crippen LogP contribution is -2.05. The quantitative estimate of drug-likeness (QED) is 0.697. The van der Waals surface area contributed by atoms with Gasteiger partial charge in [-0.15, -0.1) is 0 Å². The SMILES string of the molecule is CC(C)CCCC(=O)c1ncccc1F. The highest BCUT2D eigenvalue weighted by Crippen LogP contribution is 2.11. The van der Waals surface area contributed by atoms with Crippen LogP contribution in [0.4, 0.5) is 4.39 Å². The van der Waals surface area contributed by atoms with Gasteiger partial charge in [0.25, 0.3) is 0 Å². The lowest BCUT2D eigenvalue weighted by molar-refractivity contribution is 0.0969. The van der Waals surface area contributed by atoms with Crippen LogP contribution in [0.2, 0.25) is 0 Å². The Morgan fingerprint density at radius 2 is 2.27 bits per heavy atom. The molecule has 0 aliphatic rings. The Morgan fingerprint density at radius 1 is 1.53 bits per heavy atom. The van der Waals surface area contributed by atoms with Crippen molar-refractivity contribution in [3.05, 3.63) is 29.8 Å². The maximum absolute atomic E-state index is 13.1. The summed E-state index contributed by atoms with van der Waals surface area (Å²) in [5.41, 5.74) is -0.0266. The zero-order valence-corrected chi connectivity index (χ0v) is 9.16. The van der Waals surface area contributed by atoms with Crippen molar-refractivity contribution in [2.24, 2.45) is 5.92 Å². The summed E-state index contributed by atoms with van der Waals surface area (Å²) in [6.07, 6.45) is 3.61. The zero-order valence-electron chi connectivity index (χ0n) is 9.16. The number of carbonyl (C=O) groups is 1. The number of pyridine rings is 1. The van der Waals surface area contributed by atoms with Crippen LogP contribution in [-0.2, 0) is 0 Å². The fraction of sp³-hybridized carbons (Fsp3) is 0.500. The van der Waals surface area contributed by atoms with E-state index in [1.165, 1.54) is 18.3 Å². The first-order chi connectivity index (χ1) is 7.11. The van der Waals surface area contributed by atoms with Crippen LogP contribution < -0.4 is 0 Å². The van der Waals surface area contributed by atoms with Gasteiger partial charge in [-0.2, -0.15) is 0 Å². The summed E-state index contributed by atoms with van der Waals surface area (Å²) in [6.45, 7) is 4.21. The highest BCUT2D eigenvalue weighted by atomic mass is 19.1. The monoisotopic (exact) mass is 209 g/mol. The molecule has 15 heavy (non-hydrogen) atoms. The third kappa shape index (κ3) is 3.78. The second kappa shape index (κ2) is 5.59. The highest BCUT2D eigenvalue weighted by molar-refractivity contribution is 5.94. The van der Waals surface area contributed by atoms with Gasteiger partial charge in [0, 0.05) is 12.6 Å². The predicted molar refractivity (Wildman–Crippen MR) is 57.2 cm³/mol. The summed E-state index contributed by atoms with van der Waals surface area (Å²) >= 11 is 0. The molecule has 0 fully saturated rings. The molecule has 3 heteroatoms. The number of nitrogens with zero attached hydrogens (tertiary/aromatic N) is 1. The lowest BCUT2D eigenvalue weighted by atomic mass is 10.0. The van der Waals surface area contributed by atoms with Gasteiger partial charge >= 0.3 is 0 Å². The van der Waals surface area contributed by atoms with E-state index >= 15 is 0 Å². The number of ketones is 1. The minimum absolute atomic E-state index is 0.0266. The highest BCUT2D eigenvalue weighted by Gasteiger charge is 2.12. The van der Waals surface area contributed by atoms with Gasteiger partial charge in [-0.3, -0.25) is 9.78 Å². The van der Waals surface area contributed by atoms with Gasteiger partial charge in [-0.05, 0) is 24.5 Å². The summed E-state index contributed by atoms with van der Waals surface area (Å²) in [4.78, 5) is 15.3. The number of aromatic nitrogens is 1. The Kier molecular flexibility index (Phi) is 4.40. The maximum atomic E-state index is 13.1. The van der Waals surface area contributed by atoms with Gasteiger partial charge in [-0.1, -0.05) is 20.3 Å². The smallest absolute Gasteiger partial charge is 0.184 e. The van der Waals surface area contributed by atoms with E-state index in [9.17, 15) is 9.18 Å². The van der Waals surface area contributed by atoms with Gasteiger partial charge in [0.2, 0.25) is 0 Å². The Bertz CT molecular complexity index is 336. The summed E-state index contributed by atoms with van der Waals surface area (Å²) in [5.74, 6) is -0.146. The first kappa shape index (κ1) is 11.8. The van der Waals surface area contributed by atoms with Gasteiger partial charge in [0.1, 0.15) is 5.69 Å². The van der Waals surface area contributed by atoms with Crippen LogP contribution in [0.1, 0.15) is 43.6 Å². The molecular formula is C12H16FNO. The topological polar surface area (TPSA) is 30.0 Å². The third-order valence-electron chi connectivity index (χ3n) is 2.21. The van der Waals surface area contributed by atoms with E-state index in [-0.39, 0.29) is 11.5 Å². The molecule has 1 aromatic heterocycles. The lowest BCUT2D eigenvalue weighted by Gasteiger charge is -2.03. The second-order valence-corrected chi connectivity index (χ2v) is 4.04. The van der Waals surface area contributed by atoms with E-state index in [1.807, 2.05) is 0 Å². The molecule has 0 aliphatic heterocycles. The van der Waals surface area contributed by atoms with Crippen molar-refractivity contribution in [3.63, 3.8) is 0 Å². The number of hydrogen-bond acceptors (Lipinski definition) is 2. The van der Waals surface area contributed by atoms with Gasteiger partial charge in [-0.25, -0.2) is 4.39 Å². The third-order valence-corrected chi connectivity index (χ3v) is 2.21. The average molecular weight is 209 g/mol. The Balaban J connectivity index is 2.51. The molecule has 0 unspecified atom stereocenters. The molecule has 0 spiro atoms. The maximum Gasteiger partial charge on any atom is 0.184 e. The molecule has 0 N–H and O–H groups in total. The molecule has 2 nitrogen and oxygen atoms in total. The fourth-order valence-corrected chi connectivity index (χ4v) is 1.38. The van der Waals surface area contributed by atoms with E-state index in [1.54, 1.807) is 0 Å². The number of hydrogen-bond donors (Lipinski definition) is 0. The van der Waals surface area contributed by atoms with Crippen molar-refractivity contribution in [3.8, 4) is 0 Å². The van der Waals surface area contributed by atoms with E-state index in [0.717, 1.165) is 12.8 Å². The van der Waals surface area contributed by atoms with Crippen molar-refractivity contribution < 1.29 is 9.18 Å². The molecule has 0 amide bonds. The van der Waals surface area contributed by atoms with Crippen LogP contribution in [0.15, 0.2) is 18.3 Å². The summed E-state index contributed by atoms with van der Waals surface area (Å²) in [6, 6.07) is 2.75. The van der Waals surface area contributed by atoms with Crippen LogP contribution in [-0.4, -0.2) is 10.8 Å². The van der Waals surface area contributed by atoms with Crippen LogP contribution in [0.25, 0.3) is 0 Å². The van der Waals surface area contributed by atoms with Gasteiger partial charge in [0.15, 0.2) is 11.6 Å². The van der Waals surface area contributed by atoms with Crippen molar-refractivity contribution in [2.75, 3.05) is 0 Å². The minimum atomic E-state index is -0.521. The Labute approximate surface area is 89.5 Å². The van der Waals surface area contributed by atoms with Gasteiger partial charge in [0.05, 0.1) is 0 Å². The molecule has 1 heterocycles. The molecule has 0 saturated carbocycles. The minimum Gasteiger partial charge on any atom is -0.292 e. The molecule has 0 atom stereocenters. The number of carbonyl (C=O) groups excluding carboxylic acids is 1. The molecule has 0 saturated heterocycles. The zero-order chi connectivity index (χ0) is 11.3. The number of halogens is 1. The van der Waals surface area contributed by atoms with E-state index in [0.29, 0.717) is 12.3 Å². The van der Waals surface area contributed by atoms with Crippen LogP contribution in [0, 0.1) is 11.7 Å². The van der Waals surface area contributed by atoms with Crippen LogP contribution in [0.5, 0.6) is 0 Å². The molecule has 1 aromatic rings. The molecule has 82 valence electrons. The van der Waals surface area contributed by atoms with Crippen LogP contribution in [0.3, 0.4) is 0 Å². The number of rotatable bonds is 5. The predicted octanol–water partition coefficient (Wildman–Crippen LogP) is 3.23. The largest absolute Gasteiger partial charge is 0.292 e. The normalized spacial score (nSPS) is 10.7. The average Bonchev–Trinajstić information content (AvgIpc) is 2.17. The second-order valence-electron chi connectivity index (χ2n) is 4.04. The Hall–Kier alpha value is -1.25. The van der Waals surface area contributed by atoms with Gasteiger partial charge < -0.3 is 0 Å². The van der Waals surface area contributed by atoms with Crippen LogP contribution >= 0.6 is 0 Å². The molecule has 0 aromatic carbocycles. The Morgan fingerprint density at radius 3 is 2.87 bits per heavy atom. The summed E-state index contributed by atoms with van der Waals surface area (Å²) in [5, 5.41) is 0. The summed E-state index contributed by atoms with van der Waals surface area (Å²) in [7, 11) is 0. The van der Waals surface area contributed by atoms with E-state index in [4.69, 9.17) is 0 Å². The molecule has 1 rings (SSSR count). The van der Waals surface area contributed by atoms with Crippen molar-refractivity contribution in [1.29, 1.82) is 0 Å². The molecule has 0 aliphatic carbocycles. The van der Waals surface area contributed by atoms with Crippen molar-refractivity contribution in [2.45, 2.75) is 33.1 Å². The molecule has 0 bridgehead atoms. The van der Waals surface area contributed by atoms with Crippen molar-refractivity contribution in [1.82, 2.24) is 4.98 Å². The number of Topliss-reactive ketones (excluding diaryl/α,β-unsaturated/α-hetero) is 1.